The van der Waals surface area contributed by atoms with Crippen LogP contribution < -0.4 is 101 Å². The van der Waals surface area contributed by atoms with Crippen LogP contribution in [0.5, 0.6) is 0 Å². The van der Waals surface area contributed by atoms with Gasteiger partial charge in [0.1, 0.15) is 0 Å². The predicted octanol–water partition coefficient (Wildman–Crippen LogP) is -28.1. The molecule has 0 aromatic heterocycles. The van der Waals surface area contributed by atoms with Gasteiger partial charge in [-0.15, -0.1) is 0 Å². The Morgan fingerprint density at radius 1 is 0.262 bits per heavy atom. The third-order valence-electron chi connectivity index (χ3n) is 7.41. The van der Waals surface area contributed by atoms with Gasteiger partial charge in [0.15, 0.2) is 19.6 Å². The van der Waals surface area contributed by atoms with Crippen molar-refractivity contribution < 1.29 is 601 Å². The van der Waals surface area contributed by atoms with Crippen LogP contribution in [-0.2, 0) is 276 Å². The fraction of sp³-hybridized carbons (Fsp3) is 0.646. The number of rotatable bonds is 20. The largest absolute Gasteiger partial charge is 2.00 e. The number of aliphatic carboxylic acids is 3. The summed E-state index contributed by atoms with van der Waals surface area (Å²) in [6, 6.07) is 0. The van der Waals surface area contributed by atoms with Crippen molar-refractivity contribution in [1.29, 1.82) is 0 Å². The predicted molar refractivity (Wildman–Crippen MR) is 423 cm³/mol. The molecule has 816 valence electrons. The second kappa shape index (κ2) is 315. The van der Waals surface area contributed by atoms with Crippen molar-refractivity contribution in [3.05, 3.63) is 59.4 Å². The zero-order valence-electron chi connectivity index (χ0n) is 75.9. The molecular weight excluding hydrogens is 2620 g/mol. The summed E-state index contributed by atoms with van der Waals surface area (Å²) in [4.78, 5) is 80.9. The molecule has 0 saturated carbocycles. The summed E-state index contributed by atoms with van der Waals surface area (Å²) in [5, 5.41) is 186. The molecule has 0 saturated heterocycles. The summed E-state index contributed by atoms with van der Waals surface area (Å²) >= 11 is 0. The van der Waals surface area contributed by atoms with E-state index in [1.54, 1.807) is 0 Å². The summed E-state index contributed by atoms with van der Waals surface area (Å²) in [6.07, 6.45) is -11.5. The second-order valence-electron chi connectivity index (χ2n) is 17.6. The summed E-state index contributed by atoms with van der Waals surface area (Å²) in [5.41, 5.74) is 0. The van der Waals surface area contributed by atoms with Gasteiger partial charge in [-0.1, -0.05) is 20.8 Å². The summed E-state index contributed by atoms with van der Waals surface area (Å²) in [7, 11) is 16.6. The zero-order chi connectivity index (χ0) is 63.2. The number of quaternary nitrogens is 7. The van der Waals surface area contributed by atoms with Crippen LogP contribution in [0.25, 0.3) is 0 Å². The number of nitrogens with zero attached hydrogens (tertiary/aromatic N) is 3. The van der Waals surface area contributed by atoms with Crippen LogP contribution in [0.2, 0.25) is 0 Å². The Labute approximate surface area is 951 Å². The Bertz CT molecular complexity index is 1380. The number of hydrogen-bond acceptors (Lipinski definition) is 24. The van der Waals surface area contributed by atoms with Gasteiger partial charge in [0.25, 0.3) is 0 Å². The van der Waals surface area contributed by atoms with Crippen LogP contribution in [0.15, 0.2) is 0 Å². The summed E-state index contributed by atoms with van der Waals surface area (Å²) in [6.45, 7) is 5.71. The van der Waals surface area contributed by atoms with E-state index in [2.05, 4.69) is 0 Å². The van der Waals surface area contributed by atoms with Gasteiger partial charge in [0.05, 0.1) is 63.4 Å². The zero-order valence-corrected chi connectivity index (χ0v) is 103. The van der Waals surface area contributed by atoms with Crippen molar-refractivity contribution in [3.8, 4) is 0 Å². The van der Waals surface area contributed by atoms with Crippen molar-refractivity contribution in [3.63, 3.8) is 0 Å². The monoisotopic (exact) mass is 2790 g/mol. The molecule has 0 rings (SSSR count). The van der Waals surface area contributed by atoms with Crippen LogP contribution in [0.4, 0.5) is 28.8 Å². The maximum absolute atomic E-state index is 10.00. The molecule has 7 unspecified atom stereocenters. The minimum absolute atomic E-state index is 0. The van der Waals surface area contributed by atoms with E-state index in [1.807, 2.05) is 84.2 Å². The van der Waals surface area contributed by atoms with E-state index in [4.69, 9.17) is 146 Å². The minimum atomic E-state index is -2.08. The molecule has 0 fully saturated rings. The van der Waals surface area contributed by atoms with Gasteiger partial charge in [-0.05, 0) is 47.8 Å². The smallest absolute Gasteiger partial charge is 1.00 e. The molecule has 0 spiro atoms. The molecular formula is C48H183Cl3N10O55Zr10. The molecule has 65 nitrogen and oxygen atoms in total. The molecule has 0 aromatic rings. The number of hydrogen-bond donors (Lipinski definition) is 26. The average molecular weight is 2800 g/mol. The van der Waals surface area contributed by atoms with Gasteiger partial charge in [0.2, 0.25) is 24.6 Å². The van der Waals surface area contributed by atoms with E-state index in [0.717, 1.165) is 0 Å². The Morgan fingerprint density at radius 3 is 0.405 bits per heavy atom. The number of carboxylic acids is 3. The third-order valence-corrected chi connectivity index (χ3v) is 7.41. The quantitative estimate of drug-likeness (QED) is 0.0398. The summed E-state index contributed by atoms with van der Waals surface area (Å²) in [5.74, 6) is -3.02. The van der Waals surface area contributed by atoms with E-state index in [9.17, 15) is 14.4 Å². The molecule has 0 radical (unpaired) electrons. The second-order valence-corrected chi connectivity index (χ2v) is 17.6. The van der Waals surface area contributed by atoms with Gasteiger partial charge >= 0.3 is 135 Å². The van der Waals surface area contributed by atoms with Crippen LogP contribution >= 0.6 is 0 Å². The SMILES string of the molecule is CC(CO)C(CO)C(CO)C(C)CO.CC(CO)C(CO)C(CO)CCO.C[N+](C)(C)CC(=O)O.C[N+](C)(C)CC(=O)O.C[N+](C)(C)CC(=O)O.N.N.N.O.O.O.O.O.O.O.O.O.O.O.O.O.O.O.O.O.O.O.O.O.O.O.O=C(O)O.O=C(O)O.O=C([O-])O.O=C([O-])O.O=C([O-])O.O=C([O-])O.[2HH].[CH3-].[CH3-].[CH3-].[CH3-].[CH3-].[CH3-].[CH3-].[CH3-].[Cl-].[Cl-].[Cl-].[NH4+].[NH4+].[NH4+].[NH4+].[Zr+2].[Zr+2].[Zr+2].[Zr+2].[Zr].[Zr].[Zr].[Zr].[Zr].[Zr]. The average Bonchev–Trinajstić information content (AvgIpc) is 3.16. The third kappa shape index (κ3) is 674. The van der Waals surface area contributed by atoms with Crippen molar-refractivity contribution in [2.24, 2.45) is 41.4 Å². The van der Waals surface area contributed by atoms with E-state index in [0.29, 0.717) is 19.9 Å². The molecule has 7 atom stereocenters. The summed E-state index contributed by atoms with van der Waals surface area (Å²) < 4.78 is 1.44. The first-order chi connectivity index (χ1) is 33.5. The molecule has 126 heavy (non-hydrogen) atoms. The fourth-order valence-corrected chi connectivity index (χ4v) is 4.50. The minimum Gasteiger partial charge on any atom is -1.00 e. The van der Waals surface area contributed by atoms with Crippen molar-refractivity contribution in [2.45, 2.75) is 27.2 Å². The van der Waals surface area contributed by atoms with Gasteiger partial charge < -0.3 is 416 Å². The Balaban J connectivity index is -0.00000000570. The van der Waals surface area contributed by atoms with E-state index >= 15 is 0 Å². The maximum atomic E-state index is 10.00. The Hall–Kier alpha value is 2.09. The molecule has 0 aliphatic rings. The van der Waals surface area contributed by atoms with Crippen LogP contribution in [0, 0.1) is 101 Å². The molecule has 0 heterocycles. The van der Waals surface area contributed by atoms with E-state index < -0.39 is 54.8 Å². The van der Waals surface area contributed by atoms with Gasteiger partial charge in [-0.2, -0.15) is 0 Å². The molecule has 0 aromatic carbocycles. The molecule has 0 aliphatic heterocycles. The van der Waals surface area contributed by atoms with Gasteiger partial charge in [-0.3, -0.25) is 0 Å². The van der Waals surface area contributed by atoms with Crippen LogP contribution in [0.3, 0.4) is 0 Å². The number of likely N-dealkylation sites (N-methyl/N-ethyl adjacent to an activating group) is 3. The van der Waals surface area contributed by atoms with Gasteiger partial charge in [-0.25, -0.2) is 24.0 Å². The first-order valence-electron chi connectivity index (χ1n) is 20.8. The standard InChI is InChI=1S/C10H22O4.C9H20O4.3C5H11NO2.6CH2O3.8CH3.3ClH.7H3N.23H2O.10Zr.H2/c1-7(3-11)9(5-13)10(6-14)8(2)4-12;1-7(4-11)9(6-13)8(5-12)2-3-10;3*1-6(2,3)4-5(7)8;6*2-1(3)4;;;;;;;;;;;;;;;;;;;;;;;;;;;;;;;;;;;;;;;;;;;;;;;;;;;;/h7-14H,3-6H2,1-2H3;7-13H,2-6H2,1H3;3*4H2,1-3H3;6*(H2,2,3,4);8*1H3;3*1H;7*1H3;23*1H2;;;;;;;;;;;1H/q;;;;;;;;;;;8*-1;;;;;;;;;;;;;;;;;;;;;;;;;;;;;;;;;;;;;;;;4*+2;/i;;;;;;;;;;;;;;;;;;;;;;;;;;;;;;;;;;;;;;;;;;;;;;;;;;;;;;;;;;;;;;1+1. The molecule has 0 bridgehead atoms. The number of halogens is 3. The molecule has 0 aliphatic carbocycles. The molecule has 90 N–H and O–H groups in total. The van der Waals surface area contributed by atoms with Crippen LogP contribution in [-0.4, -0.2) is 427 Å². The molecule has 78 heteroatoms. The number of carboxylic acid groups (broad SMARTS) is 15. The maximum Gasteiger partial charge on any atom is 2.00 e. The Kier molecular flexibility index (Phi) is 1180. The van der Waals surface area contributed by atoms with E-state index in [1.165, 1.54) is 0 Å². The van der Waals surface area contributed by atoms with Crippen molar-refractivity contribution in [2.75, 3.05) is 136 Å². The topological polar surface area (TPSA) is 1610 Å². The Morgan fingerprint density at radius 2 is 0.357 bits per heavy atom. The number of carbonyl (C=O) groups is 9. The van der Waals surface area contributed by atoms with Crippen LogP contribution in [0.1, 0.15) is 28.6 Å². The first-order valence-corrected chi connectivity index (χ1v) is 20.8. The number of aliphatic hydroxyl groups excluding tert-OH is 8. The van der Waals surface area contributed by atoms with E-state index in [-0.39, 0.29) is 643 Å². The molecule has 0 amide bonds. The first kappa shape index (κ1) is 474. The van der Waals surface area contributed by atoms with Gasteiger partial charge in [0, 0.05) is 212 Å². The normalized spacial score (nSPS) is 7.43. The van der Waals surface area contributed by atoms with Crippen molar-refractivity contribution >= 4 is 54.8 Å². The van der Waals surface area contributed by atoms with Crippen molar-refractivity contribution in [1.82, 2.24) is 43.1 Å². The number of aliphatic hydroxyl groups is 8. The fourth-order valence-electron chi connectivity index (χ4n) is 4.50.